The summed E-state index contributed by atoms with van der Waals surface area (Å²) in [5.74, 6) is 0.0485. The highest BCUT2D eigenvalue weighted by molar-refractivity contribution is 8.00. The van der Waals surface area contributed by atoms with Gasteiger partial charge in [-0.3, -0.25) is 9.59 Å². The molecular weight excluding hydrogens is 224 g/mol. The largest absolute Gasteiger partial charge is 0.342 e. The Morgan fingerprint density at radius 3 is 3.06 bits per heavy atom. The van der Waals surface area contributed by atoms with Crippen LogP contribution in [0.5, 0.6) is 0 Å². The zero-order valence-electron chi connectivity index (χ0n) is 8.47. The summed E-state index contributed by atoms with van der Waals surface area (Å²) in [5.41, 5.74) is 0.586. The molecule has 16 heavy (non-hydrogen) atoms. The van der Waals surface area contributed by atoms with E-state index < -0.39 is 0 Å². The molecule has 1 rings (SSSR count). The van der Waals surface area contributed by atoms with Gasteiger partial charge in [0.05, 0.1) is 11.8 Å². The number of aldehydes is 1. The second-order valence-corrected chi connectivity index (χ2v) is 3.96. The lowest BCUT2D eigenvalue weighted by atomic mass is 10.2. The molecule has 0 unspecified atom stereocenters. The molecule has 82 valence electrons. The summed E-state index contributed by atoms with van der Waals surface area (Å²) in [6.07, 6.45) is 0.764. The fourth-order valence-corrected chi connectivity index (χ4v) is 1.81. The maximum atomic E-state index is 11.2. The Balaban J connectivity index is 2.45. The molecule has 5 heteroatoms. The molecule has 1 N–H and O–H groups in total. The topological polar surface area (TPSA) is 70.0 Å². The first-order valence-electron chi connectivity index (χ1n) is 4.58. The Kier molecular flexibility index (Phi) is 5.09. The Bertz CT molecular complexity index is 426. The molecule has 0 spiro atoms. The summed E-state index contributed by atoms with van der Waals surface area (Å²) < 4.78 is 0. The molecule has 0 aliphatic rings. The lowest BCUT2D eigenvalue weighted by Crippen LogP contribution is -2.25. The fourth-order valence-electron chi connectivity index (χ4n) is 1.02. The number of nitriles is 1. The van der Waals surface area contributed by atoms with Gasteiger partial charge in [0.1, 0.15) is 12.8 Å². The van der Waals surface area contributed by atoms with Crippen LogP contribution in [0, 0.1) is 11.3 Å². The van der Waals surface area contributed by atoms with E-state index in [1.807, 2.05) is 12.1 Å². The van der Waals surface area contributed by atoms with Crippen LogP contribution in [0.25, 0.3) is 0 Å². The normalized spacial score (nSPS) is 9.19. The van der Waals surface area contributed by atoms with E-state index in [0.717, 1.165) is 11.2 Å². The van der Waals surface area contributed by atoms with Crippen LogP contribution in [0.3, 0.4) is 0 Å². The molecule has 0 heterocycles. The van der Waals surface area contributed by atoms with Gasteiger partial charge in [-0.1, -0.05) is 12.1 Å². The number of rotatable bonds is 5. The average Bonchev–Trinajstić information content (AvgIpc) is 2.34. The molecule has 0 aliphatic carbocycles. The van der Waals surface area contributed by atoms with Gasteiger partial charge in [0.25, 0.3) is 0 Å². The van der Waals surface area contributed by atoms with Crippen LogP contribution in [0.4, 0.5) is 0 Å². The summed E-state index contributed by atoms with van der Waals surface area (Å²) in [6, 6.07) is 8.84. The zero-order chi connectivity index (χ0) is 11.8. The third-order valence-electron chi connectivity index (χ3n) is 1.73. The van der Waals surface area contributed by atoms with E-state index in [4.69, 9.17) is 5.26 Å². The molecule has 0 atom stereocenters. The van der Waals surface area contributed by atoms with Crippen molar-refractivity contribution in [3.05, 3.63) is 29.8 Å². The third-order valence-corrected chi connectivity index (χ3v) is 2.72. The molecule has 1 amide bonds. The Hall–Kier alpha value is -1.80. The van der Waals surface area contributed by atoms with Crippen LogP contribution in [-0.4, -0.2) is 24.5 Å². The second-order valence-electron chi connectivity index (χ2n) is 2.91. The SMILES string of the molecule is N#CCNC(=O)CSc1cccc(C=O)c1. The highest BCUT2D eigenvalue weighted by Gasteiger charge is 2.02. The lowest BCUT2D eigenvalue weighted by Gasteiger charge is -2.01. The highest BCUT2D eigenvalue weighted by atomic mass is 32.2. The molecule has 0 radical (unpaired) electrons. The van der Waals surface area contributed by atoms with Gasteiger partial charge in [-0.15, -0.1) is 11.8 Å². The second kappa shape index (κ2) is 6.64. The van der Waals surface area contributed by atoms with Crippen molar-refractivity contribution in [3.8, 4) is 6.07 Å². The number of benzene rings is 1. The molecule has 0 saturated carbocycles. The van der Waals surface area contributed by atoms with Gasteiger partial charge in [-0.05, 0) is 12.1 Å². The standard InChI is InChI=1S/C11H10N2O2S/c12-4-5-13-11(15)8-16-10-3-1-2-9(6-10)7-14/h1-3,6-7H,5,8H2,(H,13,15). The molecular formula is C11H10N2O2S. The van der Waals surface area contributed by atoms with Gasteiger partial charge in [0, 0.05) is 10.5 Å². The number of amides is 1. The first-order chi connectivity index (χ1) is 7.76. The maximum absolute atomic E-state index is 11.2. The predicted molar refractivity (Wildman–Crippen MR) is 61.2 cm³/mol. The molecule has 0 saturated heterocycles. The molecule has 0 fully saturated rings. The van der Waals surface area contributed by atoms with Crippen molar-refractivity contribution in [2.75, 3.05) is 12.3 Å². The molecule has 1 aromatic rings. The summed E-state index contributed by atoms with van der Waals surface area (Å²) in [5, 5.41) is 10.7. The van der Waals surface area contributed by atoms with Crippen LogP contribution in [0.1, 0.15) is 10.4 Å². The molecule has 0 aliphatic heterocycles. The minimum absolute atomic E-state index is 0.0216. The van der Waals surface area contributed by atoms with E-state index in [9.17, 15) is 9.59 Å². The van der Waals surface area contributed by atoms with Crippen molar-refractivity contribution >= 4 is 24.0 Å². The Labute approximate surface area is 97.6 Å². The summed E-state index contributed by atoms with van der Waals surface area (Å²) in [6.45, 7) is 0.0216. The van der Waals surface area contributed by atoms with Gasteiger partial charge >= 0.3 is 0 Å². The quantitative estimate of drug-likeness (QED) is 0.472. The van der Waals surface area contributed by atoms with Crippen molar-refractivity contribution < 1.29 is 9.59 Å². The molecule has 1 aromatic carbocycles. The van der Waals surface area contributed by atoms with Crippen LogP contribution >= 0.6 is 11.8 Å². The molecule has 4 nitrogen and oxygen atoms in total. The molecule has 0 aromatic heterocycles. The number of hydrogen-bond acceptors (Lipinski definition) is 4. The van der Waals surface area contributed by atoms with E-state index in [1.165, 1.54) is 11.8 Å². The summed E-state index contributed by atoms with van der Waals surface area (Å²) >= 11 is 1.33. The number of hydrogen-bond donors (Lipinski definition) is 1. The van der Waals surface area contributed by atoms with Gasteiger partial charge < -0.3 is 5.32 Å². The van der Waals surface area contributed by atoms with Crippen LogP contribution in [0.15, 0.2) is 29.2 Å². The Morgan fingerprint density at radius 1 is 1.56 bits per heavy atom. The first kappa shape index (κ1) is 12.3. The van der Waals surface area contributed by atoms with Gasteiger partial charge in [-0.25, -0.2) is 0 Å². The van der Waals surface area contributed by atoms with Gasteiger partial charge in [0.2, 0.25) is 5.91 Å². The summed E-state index contributed by atoms with van der Waals surface area (Å²) in [7, 11) is 0. The first-order valence-corrected chi connectivity index (χ1v) is 5.56. The highest BCUT2D eigenvalue weighted by Crippen LogP contribution is 2.18. The van der Waals surface area contributed by atoms with E-state index in [-0.39, 0.29) is 18.2 Å². The number of nitrogens with one attached hydrogen (secondary N) is 1. The number of carbonyl (C=O) groups excluding carboxylic acids is 2. The lowest BCUT2D eigenvalue weighted by molar-refractivity contribution is -0.118. The van der Waals surface area contributed by atoms with Crippen LogP contribution in [-0.2, 0) is 4.79 Å². The molecule has 0 bridgehead atoms. The number of thioether (sulfide) groups is 1. The van der Waals surface area contributed by atoms with Gasteiger partial charge in [0.15, 0.2) is 0 Å². The van der Waals surface area contributed by atoms with E-state index in [2.05, 4.69) is 5.32 Å². The predicted octanol–water partition coefficient (Wildman–Crippen LogP) is 1.23. The van der Waals surface area contributed by atoms with Crippen molar-refractivity contribution in [2.45, 2.75) is 4.90 Å². The van der Waals surface area contributed by atoms with Crippen molar-refractivity contribution in [1.29, 1.82) is 5.26 Å². The number of carbonyl (C=O) groups is 2. The average molecular weight is 234 g/mol. The van der Waals surface area contributed by atoms with Gasteiger partial charge in [-0.2, -0.15) is 5.26 Å². The van der Waals surface area contributed by atoms with Crippen molar-refractivity contribution in [1.82, 2.24) is 5.32 Å². The van der Waals surface area contributed by atoms with Crippen molar-refractivity contribution in [2.24, 2.45) is 0 Å². The minimum Gasteiger partial charge on any atom is -0.342 e. The number of nitrogens with zero attached hydrogens (tertiary/aromatic N) is 1. The third kappa shape index (κ3) is 4.15. The van der Waals surface area contributed by atoms with Crippen molar-refractivity contribution in [3.63, 3.8) is 0 Å². The minimum atomic E-state index is -0.192. The van der Waals surface area contributed by atoms with E-state index in [0.29, 0.717) is 5.56 Å². The van der Waals surface area contributed by atoms with Crippen LogP contribution < -0.4 is 5.32 Å². The smallest absolute Gasteiger partial charge is 0.231 e. The van der Waals surface area contributed by atoms with E-state index in [1.54, 1.807) is 18.2 Å². The monoisotopic (exact) mass is 234 g/mol. The Morgan fingerprint density at radius 2 is 2.38 bits per heavy atom. The fraction of sp³-hybridized carbons (Fsp3) is 0.182. The summed E-state index contributed by atoms with van der Waals surface area (Å²) in [4.78, 5) is 22.5. The van der Waals surface area contributed by atoms with E-state index >= 15 is 0 Å². The maximum Gasteiger partial charge on any atom is 0.231 e. The zero-order valence-corrected chi connectivity index (χ0v) is 9.29. The van der Waals surface area contributed by atoms with Crippen LogP contribution in [0.2, 0.25) is 0 Å².